The normalized spacial score (nSPS) is 12.5. The highest BCUT2D eigenvalue weighted by Gasteiger charge is 2.18. The van der Waals surface area contributed by atoms with Crippen molar-refractivity contribution in [2.75, 3.05) is 16.9 Å². The summed E-state index contributed by atoms with van der Waals surface area (Å²) >= 11 is 0. The van der Waals surface area contributed by atoms with Gasteiger partial charge in [0.25, 0.3) is 0 Å². The Hall–Kier alpha value is -1.93. The monoisotopic (exact) mass is 355 g/mol. The van der Waals surface area contributed by atoms with Gasteiger partial charge in [-0.25, -0.2) is 13.1 Å². The van der Waals surface area contributed by atoms with Gasteiger partial charge < -0.3 is 10.6 Å². The summed E-state index contributed by atoms with van der Waals surface area (Å²) in [6, 6.07) is 4.33. The fourth-order valence-electron chi connectivity index (χ4n) is 2.04. The van der Waals surface area contributed by atoms with Crippen LogP contribution in [0.1, 0.15) is 38.7 Å². The van der Waals surface area contributed by atoms with Crippen LogP contribution in [0.4, 0.5) is 11.4 Å². The molecule has 1 atom stereocenters. The highest BCUT2D eigenvalue weighted by atomic mass is 32.2. The van der Waals surface area contributed by atoms with Gasteiger partial charge in [-0.2, -0.15) is 0 Å². The average molecular weight is 355 g/mol. The first-order chi connectivity index (χ1) is 11.1. The first-order valence-electron chi connectivity index (χ1n) is 7.81. The molecule has 0 aliphatic carbocycles. The fraction of sp³-hybridized carbons (Fsp3) is 0.500. The number of aryl methyl sites for hydroxylation is 1. The van der Waals surface area contributed by atoms with E-state index >= 15 is 0 Å². The molecule has 24 heavy (non-hydrogen) atoms. The summed E-state index contributed by atoms with van der Waals surface area (Å²) in [5.41, 5.74) is 1.83. The number of carbonyl (C=O) groups is 2. The number of benzene rings is 1. The van der Waals surface area contributed by atoms with Crippen molar-refractivity contribution in [1.29, 1.82) is 0 Å². The van der Waals surface area contributed by atoms with Crippen LogP contribution in [0.2, 0.25) is 0 Å². The first kappa shape index (κ1) is 20.1. The third-order valence-electron chi connectivity index (χ3n) is 3.25. The highest BCUT2D eigenvalue weighted by molar-refractivity contribution is 7.88. The summed E-state index contributed by atoms with van der Waals surface area (Å²) in [7, 11) is -3.49. The number of unbranched alkanes of at least 4 members (excludes halogenated alkanes) is 1. The van der Waals surface area contributed by atoms with Crippen LogP contribution in [0.5, 0.6) is 0 Å². The Morgan fingerprint density at radius 3 is 2.42 bits per heavy atom. The van der Waals surface area contributed by atoms with Crippen LogP contribution < -0.4 is 15.4 Å². The van der Waals surface area contributed by atoms with E-state index in [1.165, 1.54) is 6.92 Å². The van der Waals surface area contributed by atoms with Crippen molar-refractivity contribution in [2.24, 2.45) is 0 Å². The summed E-state index contributed by atoms with van der Waals surface area (Å²) in [6.07, 6.45) is 3.10. The number of carbonyl (C=O) groups excluding carboxylic acids is 2. The number of rotatable bonds is 8. The lowest BCUT2D eigenvalue weighted by Crippen LogP contribution is -2.41. The zero-order chi connectivity index (χ0) is 18.3. The van der Waals surface area contributed by atoms with Crippen LogP contribution in [0, 0.1) is 6.92 Å². The number of anilines is 2. The topological polar surface area (TPSA) is 104 Å². The zero-order valence-corrected chi connectivity index (χ0v) is 15.3. The Labute approximate surface area is 143 Å². The Morgan fingerprint density at radius 1 is 1.17 bits per heavy atom. The molecule has 0 fully saturated rings. The maximum Gasteiger partial charge on any atom is 0.242 e. The van der Waals surface area contributed by atoms with Gasteiger partial charge in [0.1, 0.15) is 0 Å². The fourth-order valence-corrected chi connectivity index (χ4v) is 2.79. The molecule has 0 spiro atoms. The molecule has 1 rings (SSSR count). The van der Waals surface area contributed by atoms with E-state index in [9.17, 15) is 18.0 Å². The van der Waals surface area contributed by atoms with E-state index < -0.39 is 22.0 Å². The predicted octanol–water partition coefficient (Wildman–Crippen LogP) is 2.00. The minimum atomic E-state index is -3.49. The van der Waals surface area contributed by atoms with Gasteiger partial charge in [-0.3, -0.25) is 9.59 Å². The van der Waals surface area contributed by atoms with Crippen molar-refractivity contribution >= 4 is 33.2 Å². The quantitative estimate of drug-likeness (QED) is 0.663. The van der Waals surface area contributed by atoms with Crippen molar-refractivity contribution in [3.05, 3.63) is 23.8 Å². The number of amides is 2. The van der Waals surface area contributed by atoms with Gasteiger partial charge in [-0.15, -0.1) is 0 Å². The van der Waals surface area contributed by atoms with Crippen LogP contribution in [-0.2, 0) is 19.6 Å². The molecule has 134 valence electrons. The maximum absolute atomic E-state index is 12.2. The van der Waals surface area contributed by atoms with Crippen molar-refractivity contribution in [3.63, 3.8) is 0 Å². The lowest BCUT2D eigenvalue weighted by molar-refractivity contribution is -0.117. The molecule has 0 heterocycles. The minimum absolute atomic E-state index is 0.126. The molecule has 8 heteroatoms. The number of sulfonamides is 1. The van der Waals surface area contributed by atoms with Gasteiger partial charge in [-0.1, -0.05) is 19.4 Å². The van der Waals surface area contributed by atoms with E-state index in [4.69, 9.17) is 0 Å². The lowest BCUT2D eigenvalue weighted by atomic mass is 10.1. The molecule has 2 amide bonds. The molecule has 0 aromatic heterocycles. The van der Waals surface area contributed by atoms with Gasteiger partial charge >= 0.3 is 0 Å². The van der Waals surface area contributed by atoms with E-state index in [-0.39, 0.29) is 5.91 Å². The molecule has 0 bridgehead atoms. The molecule has 3 N–H and O–H groups in total. The summed E-state index contributed by atoms with van der Waals surface area (Å²) < 4.78 is 24.6. The van der Waals surface area contributed by atoms with E-state index in [0.29, 0.717) is 17.8 Å². The molecular formula is C16H25N3O4S. The molecule has 0 aliphatic heterocycles. The standard InChI is InChI=1S/C16H25N3O4S/c1-5-6-7-15(20)17-13-9-8-11(2)10-14(13)18-16(21)12(3)19-24(4,22)23/h8-10,12,19H,5-7H2,1-4H3,(H,17,20)(H,18,21). The number of nitrogens with one attached hydrogen (secondary N) is 3. The predicted molar refractivity (Wildman–Crippen MR) is 95.4 cm³/mol. The second-order valence-corrected chi connectivity index (χ2v) is 7.58. The zero-order valence-electron chi connectivity index (χ0n) is 14.5. The van der Waals surface area contributed by atoms with Crippen molar-refractivity contribution < 1.29 is 18.0 Å². The Bertz CT molecular complexity index is 701. The number of hydrogen-bond donors (Lipinski definition) is 3. The van der Waals surface area contributed by atoms with E-state index in [1.54, 1.807) is 12.1 Å². The first-order valence-corrected chi connectivity index (χ1v) is 9.70. The largest absolute Gasteiger partial charge is 0.324 e. The Morgan fingerprint density at radius 2 is 1.83 bits per heavy atom. The lowest BCUT2D eigenvalue weighted by Gasteiger charge is -2.16. The van der Waals surface area contributed by atoms with E-state index in [2.05, 4.69) is 15.4 Å². The summed E-state index contributed by atoms with van der Waals surface area (Å²) in [6.45, 7) is 5.31. The number of hydrogen-bond acceptors (Lipinski definition) is 4. The molecule has 0 saturated heterocycles. The molecule has 7 nitrogen and oxygen atoms in total. The molecule has 0 aliphatic rings. The van der Waals surface area contributed by atoms with E-state index in [1.807, 2.05) is 19.9 Å². The molecular weight excluding hydrogens is 330 g/mol. The van der Waals surface area contributed by atoms with Crippen LogP contribution >= 0.6 is 0 Å². The van der Waals surface area contributed by atoms with Crippen LogP contribution in [0.25, 0.3) is 0 Å². The molecule has 1 unspecified atom stereocenters. The van der Waals surface area contributed by atoms with Crippen LogP contribution in [-0.4, -0.2) is 32.5 Å². The van der Waals surface area contributed by atoms with E-state index in [0.717, 1.165) is 24.7 Å². The van der Waals surface area contributed by atoms with Crippen molar-refractivity contribution in [3.8, 4) is 0 Å². The third kappa shape index (κ3) is 7.10. The molecule has 0 saturated carbocycles. The van der Waals surface area contributed by atoms with Gasteiger partial charge in [0.2, 0.25) is 21.8 Å². The molecule has 1 aromatic rings. The van der Waals surface area contributed by atoms with Gasteiger partial charge in [0.15, 0.2) is 0 Å². The van der Waals surface area contributed by atoms with Crippen LogP contribution in [0.15, 0.2) is 18.2 Å². The maximum atomic E-state index is 12.2. The van der Waals surface area contributed by atoms with Crippen LogP contribution in [0.3, 0.4) is 0 Å². The molecule has 0 radical (unpaired) electrons. The second kappa shape index (κ2) is 8.79. The Balaban J connectivity index is 2.88. The smallest absolute Gasteiger partial charge is 0.242 e. The average Bonchev–Trinajstić information content (AvgIpc) is 2.46. The summed E-state index contributed by atoms with van der Waals surface area (Å²) in [5.74, 6) is -0.631. The summed E-state index contributed by atoms with van der Waals surface area (Å²) in [5, 5.41) is 5.43. The summed E-state index contributed by atoms with van der Waals surface area (Å²) in [4.78, 5) is 24.1. The highest BCUT2D eigenvalue weighted by Crippen LogP contribution is 2.23. The van der Waals surface area contributed by atoms with Gasteiger partial charge in [0.05, 0.1) is 23.7 Å². The van der Waals surface area contributed by atoms with Gasteiger partial charge in [0, 0.05) is 6.42 Å². The Kier molecular flexibility index (Phi) is 7.37. The molecule has 1 aromatic carbocycles. The third-order valence-corrected chi connectivity index (χ3v) is 4.03. The second-order valence-electron chi connectivity index (χ2n) is 5.80. The minimum Gasteiger partial charge on any atom is -0.324 e. The van der Waals surface area contributed by atoms with Gasteiger partial charge in [-0.05, 0) is 38.0 Å². The van der Waals surface area contributed by atoms with Crippen molar-refractivity contribution in [2.45, 2.75) is 46.1 Å². The van der Waals surface area contributed by atoms with Crippen molar-refractivity contribution in [1.82, 2.24) is 4.72 Å². The SMILES string of the molecule is CCCCC(=O)Nc1ccc(C)cc1NC(=O)C(C)NS(C)(=O)=O.